The van der Waals surface area contributed by atoms with Gasteiger partial charge in [-0.3, -0.25) is 0 Å². The van der Waals surface area contributed by atoms with Gasteiger partial charge in [0, 0.05) is 37.4 Å². The van der Waals surface area contributed by atoms with Gasteiger partial charge in [0.1, 0.15) is 5.82 Å². The van der Waals surface area contributed by atoms with Gasteiger partial charge in [-0.25, -0.2) is 4.98 Å². The zero-order chi connectivity index (χ0) is 21.7. The highest BCUT2D eigenvalue weighted by Crippen LogP contribution is 2.33. The number of anilines is 2. The van der Waals surface area contributed by atoms with E-state index in [0.717, 1.165) is 55.5 Å². The highest BCUT2D eigenvalue weighted by atomic mass is 32.1. The zero-order valence-electron chi connectivity index (χ0n) is 18.7. The van der Waals surface area contributed by atoms with Crippen LogP contribution in [0.2, 0.25) is 0 Å². The largest absolute Gasteiger partial charge is 0.368 e. The van der Waals surface area contributed by atoms with Crippen molar-refractivity contribution in [1.29, 1.82) is 0 Å². The Morgan fingerprint density at radius 3 is 2.53 bits per heavy atom. The van der Waals surface area contributed by atoms with Crippen molar-refractivity contribution < 1.29 is 0 Å². The van der Waals surface area contributed by atoms with Crippen LogP contribution in [-0.4, -0.2) is 45.8 Å². The molecule has 0 atom stereocenters. The van der Waals surface area contributed by atoms with Gasteiger partial charge in [-0.05, 0) is 68.2 Å². The fourth-order valence-electron chi connectivity index (χ4n) is 5.07. The Kier molecular flexibility index (Phi) is 4.86. The lowest BCUT2D eigenvalue weighted by molar-refractivity contribution is 0.614. The molecule has 0 amide bonds. The molecule has 0 bridgehead atoms. The Morgan fingerprint density at radius 2 is 1.72 bits per heavy atom. The van der Waals surface area contributed by atoms with Gasteiger partial charge in [-0.15, -0.1) is 16.4 Å². The van der Waals surface area contributed by atoms with Crippen LogP contribution in [0.15, 0.2) is 35.7 Å². The molecule has 1 aliphatic heterocycles. The molecule has 0 radical (unpaired) electrons. The summed E-state index contributed by atoms with van der Waals surface area (Å²) in [6.45, 7) is 8.37. The highest BCUT2D eigenvalue weighted by molar-refractivity contribution is 7.13. The number of hydrogen-bond donors (Lipinski definition) is 0. The molecule has 0 saturated carbocycles. The molecule has 4 heterocycles. The quantitative estimate of drug-likeness (QED) is 0.459. The molecule has 0 spiro atoms. The molecule has 32 heavy (non-hydrogen) atoms. The van der Waals surface area contributed by atoms with Crippen molar-refractivity contribution in [1.82, 2.24) is 19.6 Å². The fourth-order valence-corrected chi connectivity index (χ4v) is 5.73. The lowest BCUT2D eigenvalue weighted by atomic mass is 9.96. The lowest BCUT2D eigenvalue weighted by Gasteiger charge is -2.39. The normalized spacial score (nSPS) is 16.6. The molecule has 164 valence electrons. The smallest absolute Gasteiger partial charge is 0.254 e. The van der Waals surface area contributed by atoms with Crippen LogP contribution < -0.4 is 9.80 Å². The van der Waals surface area contributed by atoms with Crippen molar-refractivity contribution in [3.63, 3.8) is 0 Å². The Labute approximate surface area is 192 Å². The predicted molar refractivity (Wildman–Crippen MR) is 131 cm³/mol. The van der Waals surface area contributed by atoms with E-state index in [-0.39, 0.29) is 0 Å². The predicted octanol–water partition coefficient (Wildman–Crippen LogP) is 4.68. The van der Waals surface area contributed by atoms with Gasteiger partial charge < -0.3 is 9.80 Å². The van der Waals surface area contributed by atoms with Gasteiger partial charge in [-0.1, -0.05) is 18.2 Å². The van der Waals surface area contributed by atoms with E-state index in [1.54, 1.807) is 11.3 Å². The number of nitrogens with zero attached hydrogens (tertiary/aromatic N) is 6. The molecule has 4 aromatic rings. The van der Waals surface area contributed by atoms with Gasteiger partial charge in [0.15, 0.2) is 5.82 Å². The van der Waals surface area contributed by atoms with Crippen molar-refractivity contribution in [2.75, 3.05) is 36.0 Å². The first-order valence-electron chi connectivity index (χ1n) is 11.6. The van der Waals surface area contributed by atoms with E-state index in [9.17, 15) is 0 Å². The number of piperazine rings is 1. The second-order valence-electron chi connectivity index (χ2n) is 8.96. The molecule has 0 N–H and O–H groups in total. The number of thiophene rings is 1. The maximum atomic E-state index is 4.94. The average Bonchev–Trinajstić information content (AvgIpc) is 3.49. The van der Waals surface area contributed by atoms with Crippen molar-refractivity contribution >= 4 is 28.6 Å². The number of rotatable bonds is 3. The summed E-state index contributed by atoms with van der Waals surface area (Å²) in [5, 5.41) is 7.02. The summed E-state index contributed by atoms with van der Waals surface area (Å²) in [6.07, 6.45) is 4.56. The van der Waals surface area contributed by atoms with E-state index in [1.807, 2.05) is 4.52 Å². The number of fused-ring (bicyclic) bond motifs is 2. The van der Waals surface area contributed by atoms with Crippen LogP contribution in [0, 0.1) is 13.8 Å². The number of hydrogen-bond acceptors (Lipinski definition) is 6. The molecule has 6 nitrogen and oxygen atoms in total. The zero-order valence-corrected chi connectivity index (χ0v) is 19.5. The topological polar surface area (TPSA) is 49.6 Å². The minimum absolute atomic E-state index is 0.737. The van der Waals surface area contributed by atoms with E-state index in [4.69, 9.17) is 15.1 Å². The molecule has 6 rings (SSSR count). The number of aryl methyl sites for hydroxylation is 3. The van der Waals surface area contributed by atoms with Crippen molar-refractivity contribution in [3.8, 4) is 10.7 Å². The maximum Gasteiger partial charge on any atom is 0.254 e. The van der Waals surface area contributed by atoms with E-state index in [1.165, 1.54) is 46.7 Å². The number of aromatic nitrogens is 4. The first-order chi connectivity index (χ1) is 15.7. The molecule has 7 heteroatoms. The van der Waals surface area contributed by atoms with Crippen LogP contribution >= 0.6 is 11.3 Å². The van der Waals surface area contributed by atoms with Crippen molar-refractivity contribution in [3.05, 3.63) is 58.1 Å². The minimum atomic E-state index is 0.737. The Morgan fingerprint density at radius 1 is 0.906 bits per heavy atom. The summed E-state index contributed by atoms with van der Waals surface area (Å²) in [5.41, 5.74) is 6.64. The van der Waals surface area contributed by atoms with Gasteiger partial charge in [-0.2, -0.15) is 9.50 Å². The molecule has 2 aliphatic rings. The van der Waals surface area contributed by atoms with E-state index < -0.39 is 0 Å². The van der Waals surface area contributed by atoms with E-state index in [0.29, 0.717) is 0 Å². The van der Waals surface area contributed by atoms with Gasteiger partial charge >= 0.3 is 0 Å². The third kappa shape index (κ3) is 3.35. The monoisotopic (exact) mass is 444 g/mol. The van der Waals surface area contributed by atoms with Crippen LogP contribution in [-0.2, 0) is 12.8 Å². The van der Waals surface area contributed by atoms with Crippen molar-refractivity contribution in [2.45, 2.75) is 39.5 Å². The summed E-state index contributed by atoms with van der Waals surface area (Å²) in [7, 11) is 0. The summed E-state index contributed by atoms with van der Waals surface area (Å²) >= 11 is 1.68. The molecule has 1 aromatic carbocycles. The average molecular weight is 445 g/mol. The first kappa shape index (κ1) is 19.7. The molecule has 1 saturated heterocycles. The second kappa shape index (κ2) is 7.89. The summed E-state index contributed by atoms with van der Waals surface area (Å²) in [5.74, 6) is 2.74. The van der Waals surface area contributed by atoms with E-state index in [2.05, 4.69) is 59.4 Å². The Balaban J connectivity index is 1.37. The highest BCUT2D eigenvalue weighted by Gasteiger charge is 2.27. The van der Waals surface area contributed by atoms with Crippen LogP contribution in [0.5, 0.6) is 0 Å². The molecular formula is C25H28N6S. The third-order valence-corrected chi connectivity index (χ3v) is 7.63. The van der Waals surface area contributed by atoms with Crippen LogP contribution in [0.25, 0.3) is 16.5 Å². The summed E-state index contributed by atoms with van der Waals surface area (Å²) in [6, 6.07) is 10.9. The van der Waals surface area contributed by atoms with Gasteiger partial charge in [0.2, 0.25) is 0 Å². The minimum Gasteiger partial charge on any atom is -0.368 e. The Hall–Kier alpha value is -2.93. The summed E-state index contributed by atoms with van der Waals surface area (Å²) < 4.78 is 2.02. The standard InChI is InChI=1S/C25H28N6S/c1-17-9-10-18(2)21(16-17)29-11-13-30(14-12-29)24-19-6-3-4-7-20(19)26-25-27-23(28-31(24)25)22-8-5-15-32-22/h5,8-10,15-16H,3-4,6-7,11-14H2,1-2H3. The van der Waals surface area contributed by atoms with Gasteiger partial charge in [0.05, 0.1) is 10.6 Å². The second-order valence-corrected chi connectivity index (χ2v) is 9.90. The van der Waals surface area contributed by atoms with Crippen LogP contribution in [0.1, 0.15) is 35.2 Å². The molecule has 3 aromatic heterocycles. The lowest BCUT2D eigenvalue weighted by Crippen LogP contribution is -2.48. The molecule has 1 fully saturated rings. The molecule has 0 unspecified atom stereocenters. The van der Waals surface area contributed by atoms with Gasteiger partial charge in [0.25, 0.3) is 5.78 Å². The number of benzene rings is 1. The SMILES string of the molecule is Cc1ccc(C)c(N2CCN(c3c4c(nc5nc(-c6cccs6)nn35)CCCC4)CC2)c1. The maximum absolute atomic E-state index is 4.94. The van der Waals surface area contributed by atoms with Crippen LogP contribution in [0.3, 0.4) is 0 Å². The molecular weight excluding hydrogens is 416 g/mol. The molecule has 1 aliphatic carbocycles. The summed E-state index contributed by atoms with van der Waals surface area (Å²) in [4.78, 5) is 15.9. The fraction of sp³-hybridized carbons (Fsp3) is 0.400. The third-order valence-electron chi connectivity index (χ3n) is 6.76. The van der Waals surface area contributed by atoms with Crippen LogP contribution in [0.4, 0.5) is 11.5 Å². The Bertz CT molecular complexity index is 1270. The van der Waals surface area contributed by atoms with Crippen molar-refractivity contribution in [2.24, 2.45) is 0 Å². The van der Waals surface area contributed by atoms with E-state index >= 15 is 0 Å². The first-order valence-corrected chi connectivity index (χ1v) is 12.4.